The van der Waals surface area contributed by atoms with Crippen LogP contribution >= 0.6 is 0 Å². The van der Waals surface area contributed by atoms with Gasteiger partial charge >= 0.3 is 0 Å². The van der Waals surface area contributed by atoms with Gasteiger partial charge in [-0.25, -0.2) is 0 Å². The van der Waals surface area contributed by atoms with Crippen molar-refractivity contribution in [2.24, 2.45) is 5.92 Å². The molecule has 0 heterocycles. The first-order valence-electron chi connectivity index (χ1n) is 3.51. The molecule has 0 bridgehead atoms. The van der Waals surface area contributed by atoms with Crippen LogP contribution in [0.4, 0.5) is 0 Å². The Morgan fingerprint density at radius 1 is 1.44 bits per heavy atom. The van der Waals surface area contributed by atoms with Crippen LogP contribution in [0.15, 0.2) is 0 Å². The second-order valence-electron chi connectivity index (χ2n) is 2.61. The van der Waals surface area contributed by atoms with Gasteiger partial charge in [-0.05, 0) is 32.9 Å². The summed E-state index contributed by atoms with van der Waals surface area (Å²) in [5.74, 6) is 0.414. The van der Waals surface area contributed by atoms with E-state index in [9.17, 15) is 0 Å². The molecule has 0 aliphatic rings. The Morgan fingerprint density at radius 2 is 2.00 bits per heavy atom. The Labute approximate surface area is 57.3 Å². The summed E-state index contributed by atoms with van der Waals surface area (Å²) in [5, 5.41) is 12.1. The van der Waals surface area contributed by atoms with E-state index < -0.39 is 0 Å². The molecule has 2 N–H and O–H groups in total. The van der Waals surface area contributed by atoms with E-state index in [0.29, 0.717) is 5.92 Å². The standard InChI is InChI=1S/C7H17NO/c1-6(7(2)9)4-5-8-3/h6-9H,4-5H2,1-3H3/t6-,7?/m0/s1. The predicted octanol–water partition coefficient (Wildman–Crippen LogP) is 0.613. The van der Waals surface area contributed by atoms with Crippen LogP contribution in [-0.4, -0.2) is 24.8 Å². The molecule has 0 aromatic carbocycles. The molecule has 0 radical (unpaired) electrons. The van der Waals surface area contributed by atoms with E-state index in [0.717, 1.165) is 13.0 Å². The molecular weight excluding hydrogens is 114 g/mol. The minimum Gasteiger partial charge on any atom is -0.393 e. The molecule has 0 aliphatic carbocycles. The number of aliphatic hydroxyl groups excluding tert-OH is 1. The number of nitrogens with one attached hydrogen (secondary N) is 1. The smallest absolute Gasteiger partial charge is 0.0538 e. The maximum Gasteiger partial charge on any atom is 0.0538 e. The Balaban J connectivity index is 3.16. The summed E-state index contributed by atoms with van der Waals surface area (Å²) in [6.45, 7) is 4.88. The monoisotopic (exact) mass is 131 g/mol. The van der Waals surface area contributed by atoms with Crippen molar-refractivity contribution < 1.29 is 5.11 Å². The minimum atomic E-state index is -0.168. The Hall–Kier alpha value is -0.0800. The molecular formula is C7H17NO. The minimum absolute atomic E-state index is 0.168. The third-order valence-electron chi connectivity index (χ3n) is 1.67. The number of rotatable bonds is 4. The van der Waals surface area contributed by atoms with Crippen LogP contribution in [0.1, 0.15) is 20.3 Å². The van der Waals surface area contributed by atoms with Gasteiger partial charge in [-0.3, -0.25) is 0 Å². The third kappa shape index (κ3) is 4.43. The molecule has 0 aromatic rings. The fourth-order valence-corrected chi connectivity index (χ4v) is 0.613. The van der Waals surface area contributed by atoms with Crippen LogP contribution in [0.3, 0.4) is 0 Å². The van der Waals surface area contributed by atoms with Crippen molar-refractivity contribution in [2.75, 3.05) is 13.6 Å². The highest BCUT2D eigenvalue weighted by molar-refractivity contribution is 4.59. The average molecular weight is 131 g/mol. The molecule has 0 saturated heterocycles. The van der Waals surface area contributed by atoms with Gasteiger partial charge in [-0.15, -0.1) is 0 Å². The molecule has 0 fully saturated rings. The molecule has 2 heteroatoms. The van der Waals surface area contributed by atoms with E-state index in [2.05, 4.69) is 12.2 Å². The lowest BCUT2D eigenvalue weighted by atomic mass is 10.0. The summed E-state index contributed by atoms with van der Waals surface area (Å²) in [5.41, 5.74) is 0. The normalized spacial score (nSPS) is 17.3. The molecule has 0 amide bonds. The van der Waals surface area contributed by atoms with E-state index in [-0.39, 0.29) is 6.10 Å². The van der Waals surface area contributed by atoms with Crippen molar-refractivity contribution in [3.8, 4) is 0 Å². The van der Waals surface area contributed by atoms with Crippen LogP contribution in [0.25, 0.3) is 0 Å². The molecule has 0 aliphatic heterocycles. The van der Waals surface area contributed by atoms with Gasteiger partial charge in [-0.2, -0.15) is 0 Å². The van der Waals surface area contributed by atoms with E-state index in [1.807, 2.05) is 14.0 Å². The van der Waals surface area contributed by atoms with Crippen molar-refractivity contribution in [2.45, 2.75) is 26.4 Å². The van der Waals surface area contributed by atoms with Crippen molar-refractivity contribution in [1.29, 1.82) is 0 Å². The summed E-state index contributed by atoms with van der Waals surface area (Å²) >= 11 is 0. The van der Waals surface area contributed by atoms with Gasteiger partial charge in [0.05, 0.1) is 6.10 Å². The quantitative estimate of drug-likeness (QED) is 0.586. The summed E-state index contributed by atoms with van der Waals surface area (Å²) in [7, 11) is 1.93. The van der Waals surface area contributed by atoms with Gasteiger partial charge in [0.2, 0.25) is 0 Å². The van der Waals surface area contributed by atoms with Crippen molar-refractivity contribution in [1.82, 2.24) is 5.32 Å². The van der Waals surface area contributed by atoms with Crippen molar-refractivity contribution in [3.63, 3.8) is 0 Å². The molecule has 1 unspecified atom stereocenters. The second kappa shape index (κ2) is 4.77. The van der Waals surface area contributed by atoms with Crippen LogP contribution in [0, 0.1) is 5.92 Å². The maximum atomic E-state index is 9.02. The van der Waals surface area contributed by atoms with E-state index in [1.165, 1.54) is 0 Å². The molecule has 0 aromatic heterocycles. The molecule has 0 saturated carbocycles. The third-order valence-corrected chi connectivity index (χ3v) is 1.67. The molecule has 0 rings (SSSR count). The summed E-state index contributed by atoms with van der Waals surface area (Å²) in [6.07, 6.45) is 0.882. The van der Waals surface area contributed by atoms with Gasteiger partial charge in [0, 0.05) is 0 Å². The SMILES string of the molecule is CNCC[C@H](C)C(C)O. The Morgan fingerprint density at radius 3 is 2.33 bits per heavy atom. The highest BCUT2D eigenvalue weighted by Crippen LogP contribution is 2.05. The van der Waals surface area contributed by atoms with Crippen LogP contribution in [0.5, 0.6) is 0 Å². The Kier molecular flexibility index (Phi) is 4.72. The highest BCUT2D eigenvalue weighted by Gasteiger charge is 2.06. The first-order chi connectivity index (χ1) is 4.18. The lowest BCUT2D eigenvalue weighted by molar-refractivity contribution is 0.130. The Bertz CT molecular complexity index is 63.9. The van der Waals surface area contributed by atoms with E-state index in [1.54, 1.807) is 0 Å². The molecule has 9 heavy (non-hydrogen) atoms. The van der Waals surface area contributed by atoms with E-state index in [4.69, 9.17) is 5.11 Å². The molecule has 56 valence electrons. The second-order valence-corrected chi connectivity index (χ2v) is 2.61. The van der Waals surface area contributed by atoms with Gasteiger partial charge in [0.15, 0.2) is 0 Å². The fourth-order valence-electron chi connectivity index (χ4n) is 0.613. The molecule has 2 atom stereocenters. The van der Waals surface area contributed by atoms with Gasteiger partial charge in [0.25, 0.3) is 0 Å². The van der Waals surface area contributed by atoms with Crippen molar-refractivity contribution >= 4 is 0 Å². The van der Waals surface area contributed by atoms with Crippen molar-refractivity contribution in [3.05, 3.63) is 0 Å². The number of hydrogen-bond donors (Lipinski definition) is 2. The predicted molar refractivity (Wildman–Crippen MR) is 39.4 cm³/mol. The zero-order chi connectivity index (χ0) is 7.28. The number of aliphatic hydroxyl groups is 1. The van der Waals surface area contributed by atoms with Gasteiger partial charge in [0.1, 0.15) is 0 Å². The summed E-state index contributed by atoms with van der Waals surface area (Å²) < 4.78 is 0. The van der Waals surface area contributed by atoms with Crippen LogP contribution in [-0.2, 0) is 0 Å². The average Bonchev–Trinajstić information content (AvgIpc) is 1.82. The maximum absolute atomic E-state index is 9.02. The lowest BCUT2D eigenvalue weighted by Gasteiger charge is -2.12. The zero-order valence-electron chi connectivity index (χ0n) is 6.52. The first-order valence-corrected chi connectivity index (χ1v) is 3.51. The lowest BCUT2D eigenvalue weighted by Crippen LogP contribution is -2.18. The first kappa shape index (κ1) is 8.92. The van der Waals surface area contributed by atoms with Gasteiger partial charge in [-0.1, -0.05) is 6.92 Å². The van der Waals surface area contributed by atoms with Gasteiger partial charge < -0.3 is 10.4 Å². The molecule has 2 nitrogen and oxygen atoms in total. The topological polar surface area (TPSA) is 32.3 Å². The fraction of sp³-hybridized carbons (Fsp3) is 1.00. The number of hydrogen-bond acceptors (Lipinski definition) is 2. The summed E-state index contributed by atoms with van der Waals surface area (Å²) in [6, 6.07) is 0. The van der Waals surface area contributed by atoms with Crippen LogP contribution < -0.4 is 5.32 Å². The summed E-state index contributed by atoms with van der Waals surface area (Å²) in [4.78, 5) is 0. The molecule has 0 spiro atoms. The van der Waals surface area contributed by atoms with E-state index >= 15 is 0 Å². The van der Waals surface area contributed by atoms with Crippen LogP contribution in [0.2, 0.25) is 0 Å². The largest absolute Gasteiger partial charge is 0.393 e. The zero-order valence-corrected chi connectivity index (χ0v) is 6.52. The highest BCUT2D eigenvalue weighted by atomic mass is 16.3.